The van der Waals surface area contributed by atoms with Crippen molar-refractivity contribution in [1.82, 2.24) is 4.90 Å². The zero-order chi connectivity index (χ0) is 13.8. The number of amides is 2. The molecule has 19 heavy (non-hydrogen) atoms. The first-order valence-corrected chi connectivity index (χ1v) is 6.17. The van der Waals surface area contributed by atoms with Gasteiger partial charge in [0, 0.05) is 24.3 Å². The number of nitrogens with one attached hydrogen (secondary N) is 1. The Morgan fingerprint density at radius 3 is 2.84 bits per heavy atom. The number of ether oxygens (including phenoxy) is 1. The maximum atomic E-state index is 13.5. The Bertz CT molecular complexity index is 463. The highest BCUT2D eigenvalue weighted by Gasteiger charge is 2.32. The summed E-state index contributed by atoms with van der Waals surface area (Å²) in [5, 5.41) is 11.6. The Morgan fingerprint density at radius 2 is 2.32 bits per heavy atom. The van der Waals surface area contributed by atoms with Crippen LogP contribution in [0.25, 0.3) is 0 Å². The van der Waals surface area contributed by atoms with E-state index in [9.17, 15) is 9.18 Å². The number of hydrogen-bond acceptors (Lipinski definition) is 3. The normalized spacial score (nSPS) is 14.1. The molecule has 104 valence electrons. The summed E-state index contributed by atoms with van der Waals surface area (Å²) in [6.07, 6.45) is 1.90. The molecule has 2 amide bonds. The molecule has 0 spiro atoms. The topological polar surface area (TPSA) is 61.8 Å². The van der Waals surface area contributed by atoms with Gasteiger partial charge in [0.05, 0.1) is 13.7 Å². The van der Waals surface area contributed by atoms with Crippen LogP contribution in [0.3, 0.4) is 0 Å². The molecule has 0 radical (unpaired) electrons. The summed E-state index contributed by atoms with van der Waals surface area (Å²) in [7, 11) is 1.38. The molecule has 0 heterocycles. The van der Waals surface area contributed by atoms with Gasteiger partial charge < -0.3 is 20.1 Å². The van der Waals surface area contributed by atoms with Crippen LogP contribution in [0.2, 0.25) is 0 Å². The fraction of sp³-hybridized carbons (Fsp3) is 0.462. The molecule has 2 N–H and O–H groups in total. The van der Waals surface area contributed by atoms with E-state index < -0.39 is 5.82 Å². The van der Waals surface area contributed by atoms with Crippen molar-refractivity contribution in [2.24, 2.45) is 0 Å². The van der Waals surface area contributed by atoms with E-state index in [0.29, 0.717) is 5.69 Å². The van der Waals surface area contributed by atoms with Crippen molar-refractivity contribution in [2.75, 3.05) is 25.6 Å². The van der Waals surface area contributed by atoms with Gasteiger partial charge in [0.25, 0.3) is 0 Å². The number of aliphatic hydroxyl groups is 1. The third kappa shape index (κ3) is 3.35. The van der Waals surface area contributed by atoms with Gasteiger partial charge in [0.15, 0.2) is 11.6 Å². The number of rotatable bonds is 5. The lowest BCUT2D eigenvalue weighted by molar-refractivity contribution is 0.185. The number of anilines is 1. The maximum absolute atomic E-state index is 13.5. The predicted molar refractivity (Wildman–Crippen MR) is 68.8 cm³/mol. The van der Waals surface area contributed by atoms with Gasteiger partial charge >= 0.3 is 6.03 Å². The zero-order valence-corrected chi connectivity index (χ0v) is 10.7. The average Bonchev–Trinajstić information content (AvgIpc) is 3.20. The SMILES string of the molecule is COc1ccc(NC(=O)N(CCO)C2CC2)cc1F. The quantitative estimate of drug-likeness (QED) is 0.856. The van der Waals surface area contributed by atoms with Crippen molar-refractivity contribution in [3.63, 3.8) is 0 Å². The summed E-state index contributed by atoms with van der Waals surface area (Å²) in [5.74, 6) is -0.396. The summed E-state index contributed by atoms with van der Waals surface area (Å²) in [6, 6.07) is 4.11. The zero-order valence-electron chi connectivity index (χ0n) is 10.7. The summed E-state index contributed by atoms with van der Waals surface area (Å²) in [6.45, 7) is 0.204. The van der Waals surface area contributed by atoms with Crippen LogP contribution in [0.5, 0.6) is 5.75 Å². The molecule has 0 bridgehead atoms. The molecule has 0 aliphatic heterocycles. The van der Waals surface area contributed by atoms with Crippen molar-refractivity contribution in [3.05, 3.63) is 24.0 Å². The second-order valence-electron chi connectivity index (χ2n) is 4.43. The lowest BCUT2D eigenvalue weighted by Gasteiger charge is -2.21. The Morgan fingerprint density at radius 1 is 1.58 bits per heavy atom. The van der Waals surface area contributed by atoms with E-state index >= 15 is 0 Å². The minimum Gasteiger partial charge on any atom is -0.494 e. The molecular weight excluding hydrogens is 251 g/mol. The van der Waals surface area contributed by atoms with E-state index in [1.54, 1.807) is 11.0 Å². The fourth-order valence-electron chi connectivity index (χ4n) is 1.88. The third-order valence-corrected chi connectivity index (χ3v) is 2.99. The highest BCUT2D eigenvalue weighted by atomic mass is 19.1. The van der Waals surface area contributed by atoms with Gasteiger partial charge in [-0.25, -0.2) is 9.18 Å². The van der Waals surface area contributed by atoms with E-state index in [-0.39, 0.29) is 31.0 Å². The Kier molecular flexibility index (Phi) is 4.21. The minimum atomic E-state index is -0.527. The number of carbonyl (C=O) groups excluding carboxylic acids is 1. The minimum absolute atomic E-state index is 0.0824. The summed E-state index contributed by atoms with van der Waals surface area (Å²) < 4.78 is 18.3. The fourth-order valence-corrected chi connectivity index (χ4v) is 1.88. The van der Waals surface area contributed by atoms with Crippen molar-refractivity contribution >= 4 is 11.7 Å². The third-order valence-electron chi connectivity index (χ3n) is 2.99. The first-order valence-electron chi connectivity index (χ1n) is 6.17. The van der Waals surface area contributed by atoms with Crippen LogP contribution in [0.4, 0.5) is 14.9 Å². The Balaban J connectivity index is 2.03. The monoisotopic (exact) mass is 268 g/mol. The van der Waals surface area contributed by atoms with Gasteiger partial charge in [-0.05, 0) is 25.0 Å². The number of benzene rings is 1. The standard InChI is InChI=1S/C13H17FN2O3/c1-19-12-5-2-9(8-11(12)14)15-13(18)16(6-7-17)10-3-4-10/h2,5,8,10,17H,3-4,6-7H2,1H3,(H,15,18). The van der Waals surface area contributed by atoms with Crippen LogP contribution >= 0.6 is 0 Å². The largest absolute Gasteiger partial charge is 0.494 e. The molecule has 1 aromatic carbocycles. The molecule has 0 unspecified atom stereocenters. The van der Waals surface area contributed by atoms with E-state index in [1.807, 2.05) is 0 Å². The first-order chi connectivity index (χ1) is 9.15. The van der Waals surface area contributed by atoms with E-state index in [4.69, 9.17) is 9.84 Å². The number of nitrogens with zero attached hydrogens (tertiary/aromatic N) is 1. The maximum Gasteiger partial charge on any atom is 0.322 e. The van der Waals surface area contributed by atoms with Gasteiger partial charge in [-0.2, -0.15) is 0 Å². The van der Waals surface area contributed by atoms with Crippen molar-refractivity contribution in [2.45, 2.75) is 18.9 Å². The molecule has 2 rings (SSSR count). The van der Waals surface area contributed by atoms with Crippen molar-refractivity contribution in [1.29, 1.82) is 0 Å². The molecule has 1 aliphatic rings. The van der Waals surface area contributed by atoms with Gasteiger partial charge in [0.1, 0.15) is 0 Å². The van der Waals surface area contributed by atoms with Crippen LogP contribution in [-0.4, -0.2) is 42.3 Å². The second-order valence-corrected chi connectivity index (χ2v) is 4.43. The van der Waals surface area contributed by atoms with Crippen molar-refractivity contribution in [3.8, 4) is 5.75 Å². The van der Waals surface area contributed by atoms with Gasteiger partial charge in [-0.3, -0.25) is 0 Å². The van der Waals surface area contributed by atoms with E-state index in [0.717, 1.165) is 12.8 Å². The molecule has 0 atom stereocenters. The molecule has 1 saturated carbocycles. The predicted octanol–water partition coefficient (Wildman–Crippen LogP) is 1.82. The molecule has 6 heteroatoms. The highest BCUT2D eigenvalue weighted by Crippen LogP contribution is 2.27. The smallest absolute Gasteiger partial charge is 0.322 e. The van der Waals surface area contributed by atoms with Gasteiger partial charge in [0.2, 0.25) is 0 Å². The lowest BCUT2D eigenvalue weighted by atomic mass is 10.3. The highest BCUT2D eigenvalue weighted by molar-refractivity contribution is 5.89. The number of aliphatic hydroxyl groups excluding tert-OH is 1. The van der Waals surface area contributed by atoms with Gasteiger partial charge in [-0.1, -0.05) is 0 Å². The summed E-state index contributed by atoms with van der Waals surface area (Å²) in [4.78, 5) is 13.6. The van der Waals surface area contributed by atoms with E-state index in [1.165, 1.54) is 19.2 Å². The molecule has 0 aromatic heterocycles. The molecular formula is C13H17FN2O3. The molecule has 1 aliphatic carbocycles. The molecule has 1 fully saturated rings. The summed E-state index contributed by atoms with van der Waals surface area (Å²) >= 11 is 0. The first kappa shape index (κ1) is 13.6. The van der Waals surface area contributed by atoms with Crippen LogP contribution in [0, 0.1) is 5.82 Å². The van der Waals surface area contributed by atoms with Crippen LogP contribution in [0.1, 0.15) is 12.8 Å². The van der Waals surface area contributed by atoms with Crippen LogP contribution in [0.15, 0.2) is 18.2 Å². The Labute approximate surface area is 111 Å². The van der Waals surface area contributed by atoms with Crippen molar-refractivity contribution < 1.29 is 19.0 Å². The summed E-state index contributed by atoms with van der Waals surface area (Å²) in [5.41, 5.74) is 0.367. The number of methoxy groups -OCH3 is 1. The molecule has 5 nitrogen and oxygen atoms in total. The molecule has 0 saturated heterocycles. The van der Waals surface area contributed by atoms with Crippen LogP contribution in [-0.2, 0) is 0 Å². The second kappa shape index (κ2) is 5.88. The number of hydrogen-bond donors (Lipinski definition) is 2. The number of urea groups is 1. The number of halogens is 1. The molecule has 1 aromatic rings. The van der Waals surface area contributed by atoms with Gasteiger partial charge in [-0.15, -0.1) is 0 Å². The average molecular weight is 268 g/mol. The van der Waals surface area contributed by atoms with E-state index in [2.05, 4.69) is 5.32 Å². The number of carbonyl (C=O) groups is 1. The lowest BCUT2D eigenvalue weighted by Crippen LogP contribution is -2.38. The van der Waals surface area contributed by atoms with Crippen LogP contribution < -0.4 is 10.1 Å². The Hall–Kier alpha value is -1.82.